The molecule has 1 aromatic heterocycles. The second-order valence-corrected chi connectivity index (χ2v) is 6.26. The number of aryl methyl sites for hydroxylation is 1. The lowest BCUT2D eigenvalue weighted by molar-refractivity contribution is 0.309. The molecular formula is C20H21ClN2O. The van der Waals surface area contributed by atoms with Crippen LogP contribution in [0.3, 0.4) is 0 Å². The van der Waals surface area contributed by atoms with Gasteiger partial charge in [0.15, 0.2) is 0 Å². The van der Waals surface area contributed by atoms with Gasteiger partial charge in [0.1, 0.15) is 5.75 Å². The molecule has 3 rings (SSSR count). The van der Waals surface area contributed by atoms with Crippen LogP contribution < -0.4 is 10.1 Å². The molecule has 24 heavy (non-hydrogen) atoms. The summed E-state index contributed by atoms with van der Waals surface area (Å²) in [4.78, 5) is 4.56. The molecule has 1 heterocycles. The van der Waals surface area contributed by atoms with Crippen LogP contribution in [-0.4, -0.2) is 11.6 Å². The van der Waals surface area contributed by atoms with Gasteiger partial charge < -0.3 is 10.1 Å². The summed E-state index contributed by atoms with van der Waals surface area (Å²) >= 11 is 6.14. The van der Waals surface area contributed by atoms with Gasteiger partial charge in [0.2, 0.25) is 0 Å². The molecule has 0 aliphatic rings. The molecule has 0 unspecified atom stereocenters. The van der Waals surface area contributed by atoms with Gasteiger partial charge in [0, 0.05) is 27.5 Å². The highest BCUT2D eigenvalue weighted by molar-refractivity contribution is 6.31. The van der Waals surface area contributed by atoms with Gasteiger partial charge in [-0.15, -0.1) is 0 Å². The minimum absolute atomic E-state index is 0.705. The van der Waals surface area contributed by atoms with Gasteiger partial charge in [-0.2, -0.15) is 0 Å². The maximum atomic E-state index is 6.14. The van der Waals surface area contributed by atoms with Crippen molar-refractivity contribution in [2.75, 3.05) is 11.9 Å². The zero-order valence-corrected chi connectivity index (χ0v) is 14.7. The number of halogens is 1. The number of unbranched alkanes of at least 4 members (excludes halogenated alkanes) is 1. The molecule has 0 aliphatic carbocycles. The Kier molecular flexibility index (Phi) is 5.21. The molecule has 3 nitrogen and oxygen atoms in total. The van der Waals surface area contributed by atoms with Crippen LogP contribution in [0.15, 0.2) is 48.5 Å². The van der Waals surface area contributed by atoms with Crippen molar-refractivity contribution in [3.63, 3.8) is 0 Å². The van der Waals surface area contributed by atoms with E-state index in [0.29, 0.717) is 5.02 Å². The number of anilines is 2. The van der Waals surface area contributed by atoms with Gasteiger partial charge in [-0.25, -0.2) is 0 Å². The molecule has 0 spiro atoms. The minimum atomic E-state index is 0.705. The lowest BCUT2D eigenvalue weighted by atomic mass is 10.1. The number of ether oxygens (including phenoxy) is 1. The maximum Gasteiger partial charge on any atom is 0.119 e. The third-order valence-electron chi connectivity index (χ3n) is 3.80. The van der Waals surface area contributed by atoms with E-state index >= 15 is 0 Å². The normalized spacial score (nSPS) is 10.8. The van der Waals surface area contributed by atoms with Gasteiger partial charge in [-0.05, 0) is 61.9 Å². The second kappa shape index (κ2) is 7.54. The van der Waals surface area contributed by atoms with Crippen LogP contribution in [0.4, 0.5) is 11.4 Å². The molecule has 0 fully saturated rings. The summed E-state index contributed by atoms with van der Waals surface area (Å²) in [5.41, 5.74) is 3.90. The van der Waals surface area contributed by atoms with E-state index in [2.05, 4.69) is 17.2 Å². The molecule has 1 N–H and O–H groups in total. The van der Waals surface area contributed by atoms with Gasteiger partial charge in [-0.1, -0.05) is 24.9 Å². The van der Waals surface area contributed by atoms with Crippen molar-refractivity contribution < 1.29 is 4.74 Å². The summed E-state index contributed by atoms with van der Waals surface area (Å²) < 4.78 is 5.70. The Bertz CT molecular complexity index is 831. The number of hydrogen-bond acceptors (Lipinski definition) is 3. The molecule has 3 aromatic rings. The molecule has 4 heteroatoms. The number of hydrogen-bond donors (Lipinski definition) is 1. The average molecular weight is 341 g/mol. The fourth-order valence-corrected chi connectivity index (χ4v) is 2.73. The van der Waals surface area contributed by atoms with E-state index in [1.807, 2.05) is 55.5 Å². The molecule has 2 aromatic carbocycles. The number of aromatic nitrogens is 1. The highest BCUT2D eigenvalue weighted by Crippen LogP contribution is 2.29. The Balaban J connectivity index is 1.83. The van der Waals surface area contributed by atoms with Crippen molar-refractivity contribution in [1.29, 1.82) is 0 Å². The van der Waals surface area contributed by atoms with E-state index in [0.717, 1.165) is 53.2 Å². The van der Waals surface area contributed by atoms with E-state index in [4.69, 9.17) is 16.3 Å². The predicted molar refractivity (Wildman–Crippen MR) is 102 cm³/mol. The third-order valence-corrected chi connectivity index (χ3v) is 4.03. The molecule has 0 saturated heterocycles. The fraction of sp³-hybridized carbons (Fsp3) is 0.250. The minimum Gasteiger partial charge on any atom is -0.494 e. The summed E-state index contributed by atoms with van der Waals surface area (Å²) in [5.74, 6) is 0.896. The lowest BCUT2D eigenvalue weighted by Gasteiger charge is -2.12. The summed E-state index contributed by atoms with van der Waals surface area (Å²) in [6.45, 7) is 4.91. The summed E-state index contributed by atoms with van der Waals surface area (Å²) in [5, 5.41) is 5.17. The zero-order chi connectivity index (χ0) is 16.9. The number of nitrogens with zero attached hydrogens (tertiary/aromatic N) is 1. The Morgan fingerprint density at radius 1 is 1.08 bits per heavy atom. The first-order chi connectivity index (χ1) is 11.7. The van der Waals surface area contributed by atoms with E-state index in [-0.39, 0.29) is 0 Å². The summed E-state index contributed by atoms with van der Waals surface area (Å²) in [6, 6.07) is 15.8. The van der Waals surface area contributed by atoms with Crippen LogP contribution in [-0.2, 0) is 0 Å². The lowest BCUT2D eigenvalue weighted by Crippen LogP contribution is -1.97. The average Bonchev–Trinajstić information content (AvgIpc) is 2.57. The zero-order valence-electron chi connectivity index (χ0n) is 14.0. The largest absolute Gasteiger partial charge is 0.494 e. The van der Waals surface area contributed by atoms with Crippen LogP contribution >= 0.6 is 11.6 Å². The van der Waals surface area contributed by atoms with E-state index in [9.17, 15) is 0 Å². The van der Waals surface area contributed by atoms with Crippen LogP contribution in [0.1, 0.15) is 25.5 Å². The number of pyridine rings is 1. The fourth-order valence-electron chi connectivity index (χ4n) is 2.56. The van der Waals surface area contributed by atoms with Crippen molar-refractivity contribution in [3.05, 3.63) is 59.2 Å². The van der Waals surface area contributed by atoms with Crippen molar-refractivity contribution in [3.8, 4) is 5.75 Å². The monoisotopic (exact) mass is 340 g/mol. The highest BCUT2D eigenvalue weighted by atomic mass is 35.5. The van der Waals surface area contributed by atoms with E-state index in [1.165, 1.54) is 0 Å². The molecule has 0 saturated carbocycles. The molecule has 0 aliphatic heterocycles. The Morgan fingerprint density at radius 3 is 2.62 bits per heavy atom. The van der Waals surface area contributed by atoms with Crippen LogP contribution in [0.25, 0.3) is 10.9 Å². The Labute approximate surface area is 147 Å². The number of nitrogens with one attached hydrogen (secondary N) is 1. The standard InChI is InChI=1S/C20H21ClN2O/c1-3-4-11-24-17-8-6-16(7-9-17)23-20-12-14(2)22-19-10-5-15(21)13-18(19)20/h5-10,12-13H,3-4,11H2,1-2H3,(H,22,23). The molecule has 0 amide bonds. The van der Waals surface area contributed by atoms with E-state index < -0.39 is 0 Å². The first-order valence-electron chi connectivity index (χ1n) is 8.22. The topological polar surface area (TPSA) is 34.1 Å². The van der Waals surface area contributed by atoms with Crippen molar-refractivity contribution in [2.45, 2.75) is 26.7 Å². The third kappa shape index (κ3) is 3.98. The van der Waals surface area contributed by atoms with Crippen LogP contribution in [0, 0.1) is 6.92 Å². The van der Waals surface area contributed by atoms with Gasteiger partial charge >= 0.3 is 0 Å². The first kappa shape index (κ1) is 16.6. The summed E-state index contributed by atoms with van der Waals surface area (Å²) in [6.07, 6.45) is 2.21. The number of benzene rings is 2. The van der Waals surface area contributed by atoms with Crippen LogP contribution in [0.5, 0.6) is 5.75 Å². The molecule has 0 atom stereocenters. The number of rotatable bonds is 6. The molecule has 0 radical (unpaired) electrons. The first-order valence-corrected chi connectivity index (χ1v) is 8.60. The van der Waals surface area contributed by atoms with Gasteiger partial charge in [-0.3, -0.25) is 4.98 Å². The Morgan fingerprint density at radius 2 is 1.88 bits per heavy atom. The summed E-state index contributed by atoms with van der Waals surface area (Å²) in [7, 11) is 0. The van der Waals surface area contributed by atoms with Gasteiger partial charge in [0.05, 0.1) is 12.1 Å². The van der Waals surface area contributed by atoms with Crippen molar-refractivity contribution >= 4 is 33.9 Å². The second-order valence-electron chi connectivity index (χ2n) is 5.82. The SMILES string of the molecule is CCCCOc1ccc(Nc2cc(C)nc3ccc(Cl)cc23)cc1. The smallest absolute Gasteiger partial charge is 0.119 e. The highest BCUT2D eigenvalue weighted by Gasteiger charge is 2.06. The quantitative estimate of drug-likeness (QED) is 0.549. The predicted octanol–water partition coefficient (Wildman–Crippen LogP) is 6.12. The van der Waals surface area contributed by atoms with Crippen molar-refractivity contribution in [1.82, 2.24) is 4.98 Å². The molecule has 124 valence electrons. The maximum absolute atomic E-state index is 6.14. The number of fused-ring (bicyclic) bond motifs is 1. The van der Waals surface area contributed by atoms with Crippen LogP contribution in [0.2, 0.25) is 5.02 Å². The molecule has 0 bridgehead atoms. The molecular weight excluding hydrogens is 320 g/mol. The Hall–Kier alpha value is -2.26. The van der Waals surface area contributed by atoms with E-state index in [1.54, 1.807) is 0 Å². The van der Waals surface area contributed by atoms with Crippen molar-refractivity contribution in [2.24, 2.45) is 0 Å². The van der Waals surface area contributed by atoms with Gasteiger partial charge in [0.25, 0.3) is 0 Å².